The van der Waals surface area contributed by atoms with E-state index in [4.69, 9.17) is 4.74 Å². The van der Waals surface area contributed by atoms with E-state index in [9.17, 15) is 0 Å². The monoisotopic (exact) mass is 216 g/mol. The van der Waals surface area contributed by atoms with Crippen LogP contribution >= 0.6 is 15.9 Å². The number of rotatable bonds is 3. The van der Waals surface area contributed by atoms with Crippen molar-refractivity contribution in [3.63, 3.8) is 0 Å². The molecule has 1 rings (SSSR count). The van der Waals surface area contributed by atoms with Crippen LogP contribution < -0.4 is 4.74 Å². The number of nitrogens with zero attached hydrogens (tertiary/aromatic N) is 2. The van der Waals surface area contributed by atoms with Gasteiger partial charge in [0.2, 0.25) is 5.88 Å². The Morgan fingerprint density at radius 2 is 2.27 bits per heavy atom. The number of methoxy groups -OCH3 is 1. The van der Waals surface area contributed by atoms with Crippen LogP contribution in [0.25, 0.3) is 0 Å². The molecule has 4 heteroatoms. The molecule has 3 nitrogen and oxygen atoms in total. The van der Waals surface area contributed by atoms with Gasteiger partial charge in [-0.3, -0.25) is 4.98 Å². The summed E-state index contributed by atoms with van der Waals surface area (Å²) in [6.45, 7) is 0. The van der Waals surface area contributed by atoms with Crippen molar-refractivity contribution in [2.75, 3.05) is 12.4 Å². The molecule has 0 bridgehead atoms. The van der Waals surface area contributed by atoms with E-state index in [-0.39, 0.29) is 0 Å². The van der Waals surface area contributed by atoms with Crippen LogP contribution in [0.5, 0.6) is 5.88 Å². The Morgan fingerprint density at radius 3 is 2.73 bits per heavy atom. The highest BCUT2D eigenvalue weighted by atomic mass is 79.9. The summed E-state index contributed by atoms with van der Waals surface area (Å²) in [5.41, 5.74) is 0.975. The molecule has 1 heterocycles. The van der Waals surface area contributed by atoms with Crippen LogP contribution in [0.1, 0.15) is 5.69 Å². The number of aryl methyl sites for hydroxylation is 1. The third kappa shape index (κ3) is 2.46. The van der Waals surface area contributed by atoms with Crippen molar-refractivity contribution in [3.05, 3.63) is 18.1 Å². The number of ether oxygens (including phenoxy) is 1. The molecule has 0 spiro atoms. The van der Waals surface area contributed by atoms with Crippen molar-refractivity contribution in [2.45, 2.75) is 6.42 Å². The first-order valence-corrected chi connectivity index (χ1v) is 4.40. The van der Waals surface area contributed by atoms with Crippen LogP contribution in [0.4, 0.5) is 0 Å². The molecule has 0 unspecified atom stereocenters. The fourth-order valence-corrected chi connectivity index (χ4v) is 1.08. The van der Waals surface area contributed by atoms with Gasteiger partial charge in [-0.1, -0.05) is 15.9 Å². The van der Waals surface area contributed by atoms with Gasteiger partial charge in [-0.2, -0.15) is 0 Å². The zero-order valence-electron chi connectivity index (χ0n) is 6.25. The lowest BCUT2D eigenvalue weighted by atomic mass is 10.4. The highest BCUT2D eigenvalue weighted by Gasteiger charge is 1.94. The van der Waals surface area contributed by atoms with Crippen molar-refractivity contribution < 1.29 is 4.74 Å². The first-order valence-electron chi connectivity index (χ1n) is 3.27. The molecule has 0 N–H and O–H groups in total. The Morgan fingerprint density at radius 1 is 1.45 bits per heavy atom. The van der Waals surface area contributed by atoms with Gasteiger partial charge in [-0.25, -0.2) is 4.98 Å². The van der Waals surface area contributed by atoms with E-state index < -0.39 is 0 Å². The van der Waals surface area contributed by atoms with Gasteiger partial charge in [0.15, 0.2) is 0 Å². The Bertz CT molecular complexity index is 212. The summed E-state index contributed by atoms with van der Waals surface area (Å²) in [5, 5.41) is 0.911. The third-order valence-electron chi connectivity index (χ3n) is 1.24. The van der Waals surface area contributed by atoms with Crippen LogP contribution in [-0.4, -0.2) is 22.4 Å². The zero-order valence-corrected chi connectivity index (χ0v) is 7.84. The summed E-state index contributed by atoms with van der Waals surface area (Å²) >= 11 is 3.32. The summed E-state index contributed by atoms with van der Waals surface area (Å²) in [6, 6.07) is 0. The molecule has 0 aromatic carbocycles. The number of hydrogen-bond donors (Lipinski definition) is 0. The SMILES string of the molecule is COc1cnc(CCBr)cn1. The number of aromatic nitrogens is 2. The Labute approximate surface area is 73.9 Å². The van der Waals surface area contributed by atoms with Crippen molar-refractivity contribution in [2.24, 2.45) is 0 Å². The molecule has 11 heavy (non-hydrogen) atoms. The predicted molar refractivity (Wildman–Crippen MR) is 46.1 cm³/mol. The van der Waals surface area contributed by atoms with Crippen molar-refractivity contribution in [1.82, 2.24) is 9.97 Å². The van der Waals surface area contributed by atoms with E-state index in [1.54, 1.807) is 19.5 Å². The van der Waals surface area contributed by atoms with Crippen molar-refractivity contribution >= 4 is 15.9 Å². The molecule has 0 saturated carbocycles. The van der Waals surface area contributed by atoms with Crippen LogP contribution in [0, 0.1) is 0 Å². The van der Waals surface area contributed by atoms with Gasteiger partial charge in [0.05, 0.1) is 25.2 Å². The van der Waals surface area contributed by atoms with Gasteiger partial charge in [-0.05, 0) is 0 Å². The largest absolute Gasteiger partial charge is 0.480 e. The first kappa shape index (κ1) is 8.46. The van der Waals surface area contributed by atoms with E-state index in [0.717, 1.165) is 17.4 Å². The lowest BCUT2D eigenvalue weighted by Gasteiger charge is -1.98. The fraction of sp³-hybridized carbons (Fsp3) is 0.429. The Kier molecular flexibility index (Phi) is 3.29. The van der Waals surface area contributed by atoms with E-state index in [1.807, 2.05) is 0 Å². The van der Waals surface area contributed by atoms with Crippen LogP contribution in [0.3, 0.4) is 0 Å². The molecule has 0 radical (unpaired) electrons. The topological polar surface area (TPSA) is 35.0 Å². The zero-order chi connectivity index (χ0) is 8.10. The third-order valence-corrected chi connectivity index (χ3v) is 1.64. The maximum atomic E-state index is 4.86. The second kappa shape index (κ2) is 4.28. The molecule has 0 saturated heterocycles. The number of halogens is 1. The summed E-state index contributed by atoms with van der Waals surface area (Å²) in [5.74, 6) is 0.559. The minimum absolute atomic E-state index is 0.559. The van der Waals surface area contributed by atoms with Gasteiger partial charge in [0.25, 0.3) is 0 Å². The Hall–Kier alpha value is -0.640. The Balaban J connectivity index is 2.66. The minimum Gasteiger partial charge on any atom is -0.480 e. The fourth-order valence-electron chi connectivity index (χ4n) is 0.674. The molecular weight excluding hydrogens is 208 g/mol. The lowest BCUT2D eigenvalue weighted by molar-refractivity contribution is 0.395. The van der Waals surface area contributed by atoms with E-state index in [2.05, 4.69) is 25.9 Å². The first-order chi connectivity index (χ1) is 5.36. The van der Waals surface area contributed by atoms with E-state index >= 15 is 0 Å². The molecule has 0 atom stereocenters. The van der Waals surface area contributed by atoms with Gasteiger partial charge in [0, 0.05) is 11.8 Å². The molecule has 1 aromatic heterocycles. The average Bonchev–Trinajstić information content (AvgIpc) is 2.07. The van der Waals surface area contributed by atoms with E-state index in [1.165, 1.54) is 0 Å². The molecule has 1 aromatic rings. The molecule has 0 aliphatic carbocycles. The normalized spacial score (nSPS) is 9.64. The molecule has 0 fully saturated rings. The number of hydrogen-bond acceptors (Lipinski definition) is 3. The van der Waals surface area contributed by atoms with Gasteiger partial charge in [-0.15, -0.1) is 0 Å². The van der Waals surface area contributed by atoms with Crippen molar-refractivity contribution in [1.29, 1.82) is 0 Å². The summed E-state index contributed by atoms with van der Waals surface area (Å²) in [6.07, 6.45) is 4.25. The second-order valence-corrected chi connectivity index (χ2v) is 2.78. The van der Waals surface area contributed by atoms with Crippen molar-refractivity contribution in [3.8, 4) is 5.88 Å². The lowest BCUT2D eigenvalue weighted by Crippen LogP contribution is -1.94. The average molecular weight is 217 g/mol. The van der Waals surface area contributed by atoms with Crippen LogP contribution in [0.2, 0.25) is 0 Å². The minimum atomic E-state index is 0.559. The molecular formula is C7H9BrN2O. The molecule has 0 aliphatic rings. The molecule has 0 amide bonds. The smallest absolute Gasteiger partial charge is 0.231 e. The molecule has 0 aliphatic heterocycles. The summed E-state index contributed by atoms with van der Waals surface area (Å²) in [4.78, 5) is 8.13. The summed E-state index contributed by atoms with van der Waals surface area (Å²) < 4.78 is 4.86. The second-order valence-electron chi connectivity index (χ2n) is 1.99. The van der Waals surface area contributed by atoms with Gasteiger partial charge in [0.1, 0.15) is 0 Å². The van der Waals surface area contributed by atoms with Gasteiger partial charge < -0.3 is 4.74 Å². The highest BCUT2D eigenvalue weighted by molar-refractivity contribution is 9.09. The molecule has 60 valence electrons. The number of alkyl halides is 1. The maximum absolute atomic E-state index is 4.86. The quantitative estimate of drug-likeness (QED) is 0.718. The predicted octanol–water partition coefficient (Wildman–Crippen LogP) is 1.42. The van der Waals surface area contributed by atoms with Crippen LogP contribution in [-0.2, 0) is 6.42 Å². The van der Waals surface area contributed by atoms with Gasteiger partial charge >= 0.3 is 0 Å². The standard InChI is InChI=1S/C7H9BrN2O/c1-11-7-5-9-6(2-3-8)4-10-7/h4-5H,2-3H2,1H3. The summed E-state index contributed by atoms with van der Waals surface area (Å²) in [7, 11) is 1.58. The highest BCUT2D eigenvalue weighted by Crippen LogP contribution is 2.03. The van der Waals surface area contributed by atoms with E-state index in [0.29, 0.717) is 5.88 Å². The van der Waals surface area contributed by atoms with Crippen LogP contribution in [0.15, 0.2) is 12.4 Å². The maximum Gasteiger partial charge on any atom is 0.231 e.